The van der Waals surface area contributed by atoms with Gasteiger partial charge in [-0.05, 0) is 91.7 Å². The normalized spacial score (nSPS) is 28.9. The van der Waals surface area contributed by atoms with Gasteiger partial charge in [-0.25, -0.2) is 4.39 Å². The lowest BCUT2D eigenvalue weighted by atomic mass is 9.49. The molecule has 0 saturated heterocycles. The number of hydrogen-bond donors (Lipinski definition) is 4. The molecule has 1 aromatic carbocycles. The topological polar surface area (TPSA) is 103 Å². The van der Waals surface area contributed by atoms with Crippen LogP contribution < -0.4 is 20.7 Å². The van der Waals surface area contributed by atoms with Gasteiger partial charge in [0.1, 0.15) is 6.04 Å². The van der Waals surface area contributed by atoms with E-state index in [1.807, 2.05) is 0 Å². The van der Waals surface area contributed by atoms with Gasteiger partial charge in [0, 0.05) is 13.0 Å². The van der Waals surface area contributed by atoms with Crippen LogP contribution in [0, 0.1) is 40.3 Å². The maximum atomic E-state index is 13.8. The summed E-state index contributed by atoms with van der Waals surface area (Å²) in [5.41, 5.74) is 0.834. The first-order chi connectivity index (χ1) is 18.3. The molecule has 4 N–H and O–H groups in total. The molecule has 0 radical (unpaired) electrons. The van der Waals surface area contributed by atoms with Gasteiger partial charge in [-0.15, -0.1) is 0 Å². The van der Waals surface area contributed by atoms with Gasteiger partial charge in [0.15, 0.2) is 17.5 Å². The molecule has 4 bridgehead atoms. The average molecular weight is 527 g/mol. The number of hydrogen-bond acceptors (Lipinski definition) is 4. The molecule has 0 heterocycles. The minimum atomic E-state index is -0.618. The van der Waals surface area contributed by atoms with Crippen LogP contribution in [0.5, 0.6) is 5.75 Å². The molecule has 0 aromatic heterocycles. The molecular weight excluding hydrogens is 483 g/mol. The molecule has 7 nitrogen and oxygen atoms in total. The number of ether oxygens (including phenoxy) is 1. The number of carbonyl (C=O) groups excluding carboxylic acids is 2. The Labute approximate surface area is 225 Å². The maximum Gasteiger partial charge on any atom is 0.242 e. The van der Waals surface area contributed by atoms with Gasteiger partial charge in [-0.1, -0.05) is 38.2 Å². The lowest BCUT2D eigenvalue weighted by Crippen LogP contribution is -2.53. The summed E-state index contributed by atoms with van der Waals surface area (Å²) in [6.45, 7) is 0.226. The molecule has 208 valence electrons. The van der Waals surface area contributed by atoms with Crippen LogP contribution in [-0.2, 0) is 16.1 Å². The van der Waals surface area contributed by atoms with Crippen molar-refractivity contribution >= 4 is 17.8 Å². The fraction of sp³-hybridized carbons (Fsp3) is 0.700. The number of amides is 2. The molecule has 0 spiro atoms. The third-order valence-electron chi connectivity index (χ3n) is 9.58. The number of halogens is 1. The van der Waals surface area contributed by atoms with Crippen molar-refractivity contribution < 1.29 is 18.7 Å². The number of carbonyl (C=O) groups is 2. The van der Waals surface area contributed by atoms with Gasteiger partial charge in [-0.3, -0.25) is 20.3 Å². The van der Waals surface area contributed by atoms with E-state index in [0.717, 1.165) is 68.3 Å². The first kappa shape index (κ1) is 26.9. The number of nitrogens with one attached hydrogen (secondary N) is 4. The lowest BCUT2D eigenvalue weighted by molar-refractivity contribution is -0.128. The second-order valence-corrected chi connectivity index (χ2v) is 12.6. The lowest BCUT2D eigenvalue weighted by Gasteiger charge is -2.56. The van der Waals surface area contributed by atoms with E-state index >= 15 is 0 Å². The third kappa shape index (κ3) is 6.49. The molecule has 2 amide bonds. The predicted molar refractivity (Wildman–Crippen MR) is 144 cm³/mol. The SMILES string of the molecule is COc1cc(CNC(=O)C(CC2CCCCC2)NC(=N)NC(=O)CC23CC4CC(CC(C4)C2)C3)ccc1F. The highest BCUT2D eigenvalue weighted by Gasteiger charge is 2.51. The maximum absolute atomic E-state index is 13.8. The van der Waals surface area contributed by atoms with Crippen molar-refractivity contribution in [1.29, 1.82) is 5.41 Å². The second-order valence-electron chi connectivity index (χ2n) is 12.6. The van der Waals surface area contributed by atoms with Crippen LogP contribution in [0.4, 0.5) is 4.39 Å². The third-order valence-corrected chi connectivity index (χ3v) is 9.58. The van der Waals surface area contributed by atoms with Gasteiger partial charge in [0.25, 0.3) is 0 Å². The summed E-state index contributed by atoms with van der Waals surface area (Å²) in [6, 6.07) is 3.90. The Kier molecular flexibility index (Phi) is 8.24. The van der Waals surface area contributed by atoms with Gasteiger partial charge >= 0.3 is 0 Å². The minimum Gasteiger partial charge on any atom is -0.494 e. The molecule has 5 aliphatic carbocycles. The first-order valence-corrected chi connectivity index (χ1v) is 14.6. The number of rotatable bonds is 9. The number of guanidine groups is 1. The summed E-state index contributed by atoms with van der Waals surface area (Å²) < 4.78 is 18.8. The number of benzene rings is 1. The van der Waals surface area contributed by atoms with Crippen molar-refractivity contribution in [2.45, 2.75) is 96.1 Å². The summed E-state index contributed by atoms with van der Waals surface area (Å²) in [5.74, 6) is 1.99. The second kappa shape index (κ2) is 11.6. The van der Waals surface area contributed by atoms with Crippen molar-refractivity contribution in [3.63, 3.8) is 0 Å². The van der Waals surface area contributed by atoms with E-state index in [2.05, 4.69) is 16.0 Å². The molecule has 38 heavy (non-hydrogen) atoms. The van der Waals surface area contributed by atoms with Crippen LogP contribution in [0.15, 0.2) is 18.2 Å². The molecule has 5 saturated carbocycles. The summed E-state index contributed by atoms with van der Waals surface area (Å²) in [6.07, 6.45) is 14.2. The highest BCUT2D eigenvalue weighted by Crippen LogP contribution is 2.61. The van der Waals surface area contributed by atoms with Crippen molar-refractivity contribution in [1.82, 2.24) is 16.0 Å². The summed E-state index contributed by atoms with van der Waals surface area (Å²) >= 11 is 0. The summed E-state index contributed by atoms with van der Waals surface area (Å²) in [4.78, 5) is 26.3. The van der Waals surface area contributed by atoms with E-state index in [-0.39, 0.29) is 35.5 Å². The van der Waals surface area contributed by atoms with E-state index in [1.54, 1.807) is 12.1 Å². The Morgan fingerprint density at radius 3 is 2.37 bits per heavy atom. The molecule has 6 rings (SSSR count). The van der Waals surface area contributed by atoms with Crippen LogP contribution in [-0.4, -0.2) is 30.9 Å². The first-order valence-electron chi connectivity index (χ1n) is 14.6. The molecule has 1 aromatic rings. The predicted octanol–water partition coefficient (Wildman–Crippen LogP) is 5.04. The standard InChI is InChI=1S/C30H43FN4O3/c1-38-26-13-20(7-8-24(26)31)18-33-28(37)25(12-19-5-3-2-4-6-19)34-29(32)35-27(36)17-30-14-21-9-22(15-30)11-23(10-21)16-30/h7-8,13,19,21-23,25H,2-6,9-12,14-18H2,1H3,(H,33,37)(H3,32,34,35,36). The van der Waals surface area contributed by atoms with Crippen molar-refractivity contribution in [3.8, 4) is 5.75 Å². The van der Waals surface area contributed by atoms with E-state index in [4.69, 9.17) is 10.1 Å². The highest BCUT2D eigenvalue weighted by atomic mass is 19.1. The minimum absolute atomic E-state index is 0.0980. The molecule has 8 heteroatoms. The zero-order valence-electron chi connectivity index (χ0n) is 22.6. The van der Waals surface area contributed by atoms with Gasteiger partial charge in [0.05, 0.1) is 7.11 Å². The fourth-order valence-electron chi connectivity index (χ4n) is 8.36. The Morgan fingerprint density at radius 1 is 1.08 bits per heavy atom. The zero-order chi connectivity index (χ0) is 26.7. The molecule has 5 fully saturated rings. The molecular formula is C30H43FN4O3. The average Bonchev–Trinajstić information content (AvgIpc) is 2.87. The van der Waals surface area contributed by atoms with Crippen LogP contribution in [0.3, 0.4) is 0 Å². The van der Waals surface area contributed by atoms with Gasteiger partial charge < -0.3 is 15.4 Å². The van der Waals surface area contributed by atoms with E-state index in [0.29, 0.717) is 18.8 Å². The van der Waals surface area contributed by atoms with E-state index < -0.39 is 11.9 Å². The highest BCUT2D eigenvalue weighted by molar-refractivity contribution is 5.97. The molecule has 1 unspecified atom stereocenters. The molecule has 0 aliphatic heterocycles. The monoisotopic (exact) mass is 526 g/mol. The summed E-state index contributed by atoms with van der Waals surface area (Å²) in [5, 5.41) is 17.2. The number of methoxy groups -OCH3 is 1. The van der Waals surface area contributed by atoms with Crippen LogP contribution in [0.2, 0.25) is 0 Å². The van der Waals surface area contributed by atoms with Crippen molar-refractivity contribution in [2.24, 2.45) is 29.1 Å². The Bertz CT molecular complexity index is 1000. The van der Waals surface area contributed by atoms with E-state index in [9.17, 15) is 14.0 Å². The fourth-order valence-corrected chi connectivity index (χ4v) is 8.36. The van der Waals surface area contributed by atoms with Crippen LogP contribution in [0.1, 0.15) is 89.0 Å². The van der Waals surface area contributed by atoms with Crippen molar-refractivity contribution in [2.75, 3.05) is 7.11 Å². The molecule has 1 atom stereocenters. The largest absolute Gasteiger partial charge is 0.494 e. The van der Waals surface area contributed by atoms with Crippen molar-refractivity contribution in [3.05, 3.63) is 29.6 Å². The smallest absolute Gasteiger partial charge is 0.242 e. The van der Waals surface area contributed by atoms with Gasteiger partial charge in [0.2, 0.25) is 11.8 Å². The van der Waals surface area contributed by atoms with Gasteiger partial charge in [-0.2, -0.15) is 0 Å². The Hall–Kier alpha value is -2.64. The molecule has 5 aliphatic rings. The zero-order valence-corrected chi connectivity index (χ0v) is 22.6. The van der Waals surface area contributed by atoms with Crippen LogP contribution >= 0.6 is 0 Å². The summed E-state index contributed by atoms with van der Waals surface area (Å²) in [7, 11) is 1.41. The Balaban J connectivity index is 1.17. The van der Waals surface area contributed by atoms with E-state index in [1.165, 1.54) is 38.9 Å². The quantitative estimate of drug-likeness (QED) is 0.267. The Morgan fingerprint density at radius 2 is 1.74 bits per heavy atom. The van der Waals surface area contributed by atoms with Crippen LogP contribution in [0.25, 0.3) is 0 Å².